The molecular weight excluding hydrogens is 399 g/mol. The molecule has 1 saturated heterocycles. The number of aromatic amines is 1. The van der Waals surface area contributed by atoms with E-state index < -0.39 is 5.60 Å². The first-order valence-corrected chi connectivity index (χ1v) is 10.4. The van der Waals surface area contributed by atoms with E-state index in [0.29, 0.717) is 60.4 Å². The third kappa shape index (κ3) is 3.59. The van der Waals surface area contributed by atoms with Crippen LogP contribution in [0.1, 0.15) is 40.0 Å². The highest BCUT2D eigenvalue weighted by molar-refractivity contribution is 6.08. The molecule has 5 rings (SSSR count). The molecule has 0 atom stereocenters. The van der Waals surface area contributed by atoms with Crippen LogP contribution in [0.4, 0.5) is 4.39 Å². The Balaban J connectivity index is 1.26. The van der Waals surface area contributed by atoms with Crippen LogP contribution in [0.3, 0.4) is 0 Å². The van der Waals surface area contributed by atoms with Gasteiger partial charge in [-0.2, -0.15) is 0 Å². The van der Waals surface area contributed by atoms with E-state index in [0.717, 1.165) is 5.52 Å². The average molecular weight is 422 g/mol. The van der Waals surface area contributed by atoms with Crippen molar-refractivity contribution < 1.29 is 23.5 Å². The normalized spacial score (nSPS) is 18.1. The van der Waals surface area contributed by atoms with Crippen LogP contribution in [0, 0.1) is 5.82 Å². The molecule has 1 N–H and O–H groups in total. The number of Topliss-reactive ketones (excluding diaryl/α,β-unsaturated/α-hetero) is 2. The maximum Gasteiger partial charge on any atom is 0.178 e. The zero-order valence-corrected chi connectivity index (χ0v) is 17.2. The molecule has 0 unspecified atom stereocenters. The van der Waals surface area contributed by atoms with Crippen molar-refractivity contribution in [3.8, 4) is 11.5 Å². The number of hydrogen-bond donors (Lipinski definition) is 1. The van der Waals surface area contributed by atoms with Gasteiger partial charge in [0.2, 0.25) is 0 Å². The van der Waals surface area contributed by atoms with Crippen molar-refractivity contribution >= 4 is 22.5 Å². The number of carbonyl (C=O) groups excluding carboxylic acids is 2. The molecule has 0 bridgehead atoms. The topological polar surface area (TPSA) is 71.6 Å². The first kappa shape index (κ1) is 19.8. The molecule has 160 valence electrons. The van der Waals surface area contributed by atoms with Crippen molar-refractivity contribution in [1.82, 2.24) is 9.88 Å². The average Bonchev–Trinajstić information content (AvgIpc) is 3.18. The Hall–Kier alpha value is -3.19. The standard InChI is InChI=1S/C24H23FN2O4/c1-30-16-3-5-23-18(11-16)21(28)12-24(31-23)6-8-27(9-7-24)14-22(29)19-13-26-20-4-2-15(25)10-17(19)20/h2-5,10-11,13,26H,6-9,12,14H2,1H3. The van der Waals surface area contributed by atoms with Crippen LogP contribution in [0.25, 0.3) is 10.9 Å². The Morgan fingerprint density at radius 1 is 1.23 bits per heavy atom. The maximum atomic E-state index is 13.6. The van der Waals surface area contributed by atoms with Gasteiger partial charge in [0, 0.05) is 48.6 Å². The van der Waals surface area contributed by atoms with Crippen LogP contribution in [0.5, 0.6) is 11.5 Å². The Morgan fingerprint density at radius 2 is 2.03 bits per heavy atom. The number of benzene rings is 2. The SMILES string of the molecule is COc1ccc2c(c1)C(=O)CC1(CCN(CC(=O)c3c[nH]c4ccc(F)cc34)CC1)O2. The van der Waals surface area contributed by atoms with Gasteiger partial charge in [0.15, 0.2) is 11.6 Å². The second-order valence-electron chi connectivity index (χ2n) is 8.34. The lowest BCUT2D eigenvalue weighted by atomic mass is 9.82. The lowest BCUT2D eigenvalue weighted by Crippen LogP contribution is -2.51. The van der Waals surface area contributed by atoms with Crippen molar-refractivity contribution in [2.45, 2.75) is 24.9 Å². The highest BCUT2D eigenvalue weighted by atomic mass is 19.1. The lowest BCUT2D eigenvalue weighted by Gasteiger charge is -2.43. The fourth-order valence-corrected chi connectivity index (χ4v) is 4.61. The summed E-state index contributed by atoms with van der Waals surface area (Å²) in [5.74, 6) is 0.883. The van der Waals surface area contributed by atoms with Gasteiger partial charge in [-0.05, 0) is 36.4 Å². The number of hydrogen-bond acceptors (Lipinski definition) is 5. The van der Waals surface area contributed by atoms with Crippen LogP contribution < -0.4 is 9.47 Å². The van der Waals surface area contributed by atoms with E-state index in [1.54, 1.807) is 37.6 Å². The highest BCUT2D eigenvalue weighted by Crippen LogP contribution is 2.40. The van der Waals surface area contributed by atoms with Gasteiger partial charge in [-0.15, -0.1) is 0 Å². The van der Waals surface area contributed by atoms with Gasteiger partial charge in [-0.3, -0.25) is 14.5 Å². The minimum atomic E-state index is -0.526. The molecule has 0 radical (unpaired) electrons. The molecule has 7 heteroatoms. The number of carbonyl (C=O) groups is 2. The Morgan fingerprint density at radius 3 is 2.81 bits per heavy atom. The molecule has 2 aromatic carbocycles. The van der Waals surface area contributed by atoms with Gasteiger partial charge in [0.25, 0.3) is 0 Å². The molecule has 1 fully saturated rings. The van der Waals surface area contributed by atoms with Gasteiger partial charge in [0.05, 0.1) is 25.6 Å². The van der Waals surface area contributed by atoms with Crippen molar-refractivity contribution in [3.63, 3.8) is 0 Å². The molecule has 2 aliphatic rings. The third-order valence-corrected chi connectivity index (χ3v) is 6.38. The Kier molecular flexibility index (Phi) is 4.78. The number of methoxy groups -OCH3 is 1. The van der Waals surface area contributed by atoms with Crippen LogP contribution in [-0.4, -0.2) is 53.8 Å². The first-order valence-electron chi connectivity index (χ1n) is 10.4. The quantitative estimate of drug-likeness (QED) is 0.644. The summed E-state index contributed by atoms with van der Waals surface area (Å²) in [5.41, 5.74) is 1.28. The molecule has 2 aliphatic heterocycles. The fourth-order valence-electron chi connectivity index (χ4n) is 4.61. The van der Waals surface area contributed by atoms with E-state index in [1.165, 1.54) is 12.1 Å². The monoisotopic (exact) mass is 422 g/mol. The van der Waals surface area contributed by atoms with Crippen molar-refractivity contribution in [1.29, 1.82) is 0 Å². The van der Waals surface area contributed by atoms with Crippen molar-refractivity contribution in [2.75, 3.05) is 26.7 Å². The van der Waals surface area contributed by atoms with E-state index in [-0.39, 0.29) is 23.9 Å². The van der Waals surface area contributed by atoms with Gasteiger partial charge in [-0.25, -0.2) is 4.39 Å². The maximum absolute atomic E-state index is 13.6. The van der Waals surface area contributed by atoms with E-state index in [4.69, 9.17) is 9.47 Å². The van der Waals surface area contributed by atoms with Crippen LogP contribution >= 0.6 is 0 Å². The summed E-state index contributed by atoms with van der Waals surface area (Å²) in [7, 11) is 1.57. The molecule has 1 spiro atoms. The smallest absolute Gasteiger partial charge is 0.178 e. The summed E-state index contributed by atoms with van der Waals surface area (Å²) in [6.45, 7) is 1.56. The molecule has 0 aliphatic carbocycles. The number of rotatable bonds is 4. The summed E-state index contributed by atoms with van der Waals surface area (Å²) in [5, 5.41) is 0.603. The predicted molar refractivity (Wildman–Crippen MR) is 114 cm³/mol. The number of piperidine rings is 1. The number of halogens is 1. The zero-order valence-electron chi connectivity index (χ0n) is 17.2. The molecule has 0 saturated carbocycles. The minimum absolute atomic E-state index is 0.0501. The van der Waals surface area contributed by atoms with E-state index in [9.17, 15) is 14.0 Å². The zero-order chi connectivity index (χ0) is 21.6. The van der Waals surface area contributed by atoms with Gasteiger partial charge < -0.3 is 14.5 Å². The number of aromatic nitrogens is 1. The van der Waals surface area contributed by atoms with Crippen molar-refractivity contribution in [3.05, 3.63) is 59.5 Å². The number of likely N-dealkylation sites (tertiary alicyclic amines) is 1. The number of fused-ring (bicyclic) bond motifs is 2. The van der Waals surface area contributed by atoms with Gasteiger partial charge in [-0.1, -0.05) is 0 Å². The number of ketones is 2. The molecule has 1 aromatic heterocycles. The molecule has 3 heterocycles. The Bertz CT molecular complexity index is 1180. The van der Waals surface area contributed by atoms with Crippen LogP contribution in [-0.2, 0) is 0 Å². The lowest BCUT2D eigenvalue weighted by molar-refractivity contribution is -0.00806. The summed E-state index contributed by atoms with van der Waals surface area (Å²) in [4.78, 5) is 30.7. The summed E-state index contributed by atoms with van der Waals surface area (Å²) >= 11 is 0. The van der Waals surface area contributed by atoms with Gasteiger partial charge >= 0.3 is 0 Å². The highest BCUT2D eigenvalue weighted by Gasteiger charge is 2.43. The first-order chi connectivity index (χ1) is 15.0. The Labute approximate surface area is 178 Å². The second kappa shape index (κ2) is 7.50. The minimum Gasteiger partial charge on any atom is -0.497 e. The van der Waals surface area contributed by atoms with E-state index in [2.05, 4.69) is 9.88 Å². The van der Waals surface area contributed by atoms with Crippen LogP contribution in [0.2, 0.25) is 0 Å². The number of nitrogens with zero attached hydrogens (tertiary/aromatic N) is 1. The van der Waals surface area contributed by atoms with Crippen molar-refractivity contribution in [2.24, 2.45) is 0 Å². The number of ether oxygens (including phenoxy) is 2. The molecule has 0 amide bonds. The molecule has 3 aromatic rings. The number of nitrogens with one attached hydrogen (secondary N) is 1. The summed E-state index contributed by atoms with van der Waals surface area (Å²) in [6.07, 6.45) is 3.31. The fraction of sp³-hybridized carbons (Fsp3) is 0.333. The summed E-state index contributed by atoms with van der Waals surface area (Å²) < 4.78 is 25.1. The van der Waals surface area contributed by atoms with Crippen LogP contribution in [0.15, 0.2) is 42.6 Å². The van der Waals surface area contributed by atoms with E-state index in [1.807, 2.05) is 0 Å². The summed E-state index contributed by atoms with van der Waals surface area (Å²) in [6, 6.07) is 9.70. The predicted octanol–water partition coefficient (Wildman–Crippen LogP) is 4.00. The number of H-pyrrole nitrogens is 1. The van der Waals surface area contributed by atoms with E-state index >= 15 is 0 Å². The second-order valence-corrected chi connectivity index (χ2v) is 8.34. The molecular formula is C24H23FN2O4. The molecule has 31 heavy (non-hydrogen) atoms. The molecule has 6 nitrogen and oxygen atoms in total. The van der Waals surface area contributed by atoms with Gasteiger partial charge in [0.1, 0.15) is 22.9 Å². The third-order valence-electron chi connectivity index (χ3n) is 6.38. The largest absolute Gasteiger partial charge is 0.497 e.